The van der Waals surface area contributed by atoms with Crippen molar-refractivity contribution >= 4 is 17.3 Å². The number of phenols is 1. The summed E-state index contributed by atoms with van der Waals surface area (Å²) < 4.78 is 0. The van der Waals surface area contributed by atoms with Crippen molar-refractivity contribution in [1.82, 2.24) is 4.98 Å². The number of aromatic nitrogens is 1. The molecule has 1 aromatic heterocycles. The number of anilines is 1. The summed E-state index contributed by atoms with van der Waals surface area (Å²) in [5.74, 6) is 0.285. The Kier molecular flexibility index (Phi) is 3.49. The Balaban J connectivity index is 2.17. The zero-order chi connectivity index (χ0) is 12.3. The quantitative estimate of drug-likeness (QED) is 0.816. The summed E-state index contributed by atoms with van der Waals surface area (Å²) in [4.78, 5) is 3.91. The second-order valence-corrected chi connectivity index (χ2v) is 4.18. The number of nitrogens with zero attached hydrogens (tertiary/aromatic N) is 1. The number of para-hydroxylation sites is 1. The van der Waals surface area contributed by atoms with Gasteiger partial charge in [-0.05, 0) is 25.1 Å². The molecule has 4 heteroatoms. The topological polar surface area (TPSA) is 45.2 Å². The van der Waals surface area contributed by atoms with E-state index in [9.17, 15) is 5.11 Å². The molecule has 0 aliphatic heterocycles. The van der Waals surface area contributed by atoms with E-state index >= 15 is 0 Å². The first kappa shape index (κ1) is 11.7. The van der Waals surface area contributed by atoms with Crippen LogP contribution in [-0.4, -0.2) is 10.1 Å². The summed E-state index contributed by atoms with van der Waals surface area (Å²) in [6.45, 7) is 1.98. The largest absolute Gasteiger partial charge is 0.508 e. The van der Waals surface area contributed by atoms with E-state index in [0.29, 0.717) is 5.15 Å². The molecule has 0 saturated heterocycles. The van der Waals surface area contributed by atoms with E-state index in [1.54, 1.807) is 24.4 Å². The summed E-state index contributed by atoms with van der Waals surface area (Å²) in [6, 6.07) is 10.8. The lowest BCUT2D eigenvalue weighted by Crippen LogP contribution is -2.06. The van der Waals surface area contributed by atoms with Gasteiger partial charge in [0.15, 0.2) is 0 Å². The first-order chi connectivity index (χ1) is 8.16. The zero-order valence-electron chi connectivity index (χ0n) is 9.39. The summed E-state index contributed by atoms with van der Waals surface area (Å²) in [5.41, 5.74) is 1.72. The van der Waals surface area contributed by atoms with E-state index in [-0.39, 0.29) is 11.8 Å². The number of pyridine rings is 1. The number of aromatic hydroxyl groups is 1. The second kappa shape index (κ2) is 5.06. The smallest absolute Gasteiger partial charge is 0.131 e. The highest BCUT2D eigenvalue weighted by atomic mass is 35.5. The van der Waals surface area contributed by atoms with Crippen LogP contribution >= 0.6 is 11.6 Å². The van der Waals surface area contributed by atoms with Crippen LogP contribution in [0.4, 0.5) is 5.69 Å². The lowest BCUT2D eigenvalue weighted by atomic mass is 10.1. The zero-order valence-corrected chi connectivity index (χ0v) is 10.1. The summed E-state index contributed by atoms with van der Waals surface area (Å²) in [6.07, 6.45) is 1.64. The van der Waals surface area contributed by atoms with Crippen molar-refractivity contribution in [2.45, 2.75) is 13.0 Å². The van der Waals surface area contributed by atoms with Crippen LogP contribution in [0.2, 0.25) is 5.15 Å². The van der Waals surface area contributed by atoms with Gasteiger partial charge in [0.05, 0.1) is 6.04 Å². The van der Waals surface area contributed by atoms with E-state index in [0.717, 1.165) is 11.3 Å². The number of nitrogens with one attached hydrogen (secondary N) is 1. The summed E-state index contributed by atoms with van der Waals surface area (Å²) in [7, 11) is 0. The van der Waals surface area contributed by atoms with Crippen molar-refractivity contribution < 1.29 is 5.11 Å². The van der Waals surface area contributed by atoms with Gasteiger partial charge in [0.1, 0.15) is 10.9 Å². The standard InChI is InChI=1S/C13H13ClN2O/c1-9(11-4-2-3-5-12(11)17)16-10-6-7-15-13(14)8-10/h2-9,17H,1H3,(H,15,16). The van der Waals surface area contributed by atoms with Crippen LogP contribution in [0.5, 0.6) is 5.75 Å². The van der Waals surface area contributed by atoms with Crippen molar-refractivity contribution in [3.8, 4) is 5.75 Å². The molecule has 1 aromatic carbocycles. The van der Waals surface area contributed by atoms with Gasteiger partial charge in [0.2, 0.25) is 0 Å². The number of benzene rings is 1. The van der Waals surface area contributed by atoms with Gasteiger partial charge in [-0.3, -0.25) is 0 Å². The fourth-order valence-corrected chi connectivity index (χ4v) is 1.85. The van der Waals surface area contributed by atoms with Gasteiger partial charge in [-0.1, -0.05) is 29.8 Å². The third kappa shape index (κ3) is 2.88. The average Bonchev–Trinajstić information content (AvgIpc) is 2.29. The first-order valence-corrected chi connectivity index (χ1v) is 5.70. The third-order valence-electron chi connectivity index (χ3n) is 2.51. The second-order valence-electron chi connectivity index (χ2n) is 3.79. The fraction of sp³-hybridized carbons (Fsp3) is 0.154. The molecule has 1 unspecified atom stereocenters. The summed E-state index contributed by atoms with van der Waals surface area (Å²) >= 11 is 5.81. The van der Waals surface area contributed by atoms with Crippen LogP contribution in [0.25, 0.3) is 0 Å². The average molecular weight is 249 g/mol. The molecule has 0 saturated carbocycles. The van der Waals surface area contributed by atoms with Crippen LogP contribution in [0.1, 0.15) is 18.5 Å². The maximum Gasteiger partial charge on any atom is 0.131 e. The molecule has 0 bridgehead atoms. The van der Waals surface area contributed by atoms with E-state index in [4.69, 9.17) is 11.6 Å². The van der Waals surface area contributed by atoms with Gasteiger partial charge in [0.25, 0.3) is 0 Å². The lowest BCUT2D eigenvalue weighted by molar-refractivity contribution is 0.465. The minimum absolute atomic E-state index is 0.00494. The highest BCUT2D eigenvalue weighted by Crippen LogP contribution is 2.26. The monoisotopic (exact) mass is 248 g/mol. The Hall–Kier alpha value is -1.74. The predicted molar refractivity (Wildman–Crippen MR) is 69.4 cm³/mol. The number of halogens is 1. The summed E-state index contributed by atoms with van der Waals surface area (Å²) in [5, 5.41) is 13.4. The molecule has 3 nitrogen and oxygen atoms in total. The first-order valence-electron chi connectivity index (χ1n) is 5.33. The molecule has 0 radical (unpaired) electrons. The van der Waals surface area contributed by atoms with Crippen LogP contribution in [0.15, 0.2) is 42.6 Å². The molecular weight excluding hydrogens is 236 g/mol. The van der Waals surface area contributed by atoms with Crippen LogP contribution in [0.3, 0.4) is 0 Å². The molecule has 0 amide bonds. The van der Waals surface area contributed by atoms with Crippen molar-refractivity contribution in [2.24, 2.45) is 0 Å². The molecule has 1 atom stereocenters. The molecule has 88 valence electrons. The molecule has 1 heterocycles. The molecule has 0 spiro atoms. The minimum Gasteiger partial charge on any atom is -0.508 e. The van der Waals surface area contributed by atoms with Crippen LogP contribution in [-0.2, 0) is 0 Å². The van der Waals surface area contributed by atoms with Gasteiger partial charge in [-0.25, -0.2) is 4.98 Å². The van der Waals surface area contributed by atoms with Crippen molar-refractivity contribution in [2.75, 3.05) is 5.32 Å². The molecular formula is C13H13ClN2O. The fourth-order valence-electron chi connectivity index (χ4n) is 1.67. The van der Waals surface area contributed by atoms with Crippen LogP contribution < -0.4 is 5.32 Å². The SMILES string of the molecule is CC(Nc1ccnc(Cl)c1)c1ccccc1O. The van der Waals surface area contributed by atoms with Crippen molar-refractivity contribution in [3.63, 3.8) is 0 Å². The molecule has 0 fully saturated rings. The van der Waals surface area contributed by atoms with Crippen molar-refractivity contribution in [3.05, 3.63) is 53.3 Å². The van der Waals surface area contributed by atoms with Gasteiger partial charge in [-0.15, -0.1) is 0 Å². The Labute approximate surface area is 105 Å². The maximum atomic E-state index is 9.74. The highest BCUT2D eigenvalue weighted by molar-refractivity contribution is 6.29. The maximum absolute atomic E-state index is 9.74. The lowest BCUT2D eigenvalue weighted by Gasteiger charge is -2.16. The Bertz CT molecular complexity index is 516. The van der Waals surface area contributed by atoms with E-state index in [2.05, 4.69) is 10.3 Å². The van der Waals surface area contributed by atoms with E-state index < -0.39 is 0 Å². The third-order valence-corrected chi connectivity index (χ3v) is 2.72. The van der Waals surface area contributed by atoms with E-state index in [1.807, 2.05) is 25.1 Å². The number of phenolic OH excluding ortho intramolecular Hbond substituents is 1. The van der Waals surface area contributed by atoms with Crippen LogP contribution in [0, 0.1) is 0 Å². The Morgan fingerprint density at radius 3 is 2.76 bits per heavy atom. The van der Waals surface area contributed by atoms with Gasteiger partial charge in [-0.2, -0.15) is 0 Å². The molecule has 2 rings (SSSR count). The molecule has 0 aliphatic carbocycles. The molecule has 17 heavy (non-hydrogen) atoms. The Morgan fingerprint density at radius 1 is 1.29 bits per heavy atom. The molecule has 2 N–H and O–H groups in total. The van der Waals surface area contributed by atoms with Crippen molar-refractivity contribution in [1.29, 1.82) is 0 Å². The van der Waals surface area contributed by atoms with Gasteiger partial charge >= 0.3 is 0 Å². The minimum atomic E-state index is -0.00494. The normalized spacial score (nSPS) is 12.1. The molecule has 0 aliphatic rings. The van der Waals surface area contributed by atoms with Gasteiger partial charge in [0, 0.05) is 17.4 Å². The number of hydrogen-bond acceptors (Lipinski definition) is 3. The predicted octanol–water partition coefficient (Wildman–Crippen LogP) is 3.61. The molecule has 2 aromatic rings. The number of hydrogen-bond donors (Lipinski definition) is 2. The van der Waals surface area contributed by atoms with E-state index in [1.165, 1.54) is 0 Å². The highest BCUT2D eigenvalue weighted by Gasteiger charge is 2.09. The number of rotatable bonds is 3. The Morgan fingerprint density at radius 2 is 2.06 bits per heavy atom. The van der Waals surface area contributed by atoms with Gasteiger partial charge < -0.3 is 10.4 Å².